The van der Waals surface area contributed by atoms with Gasteiger partial charge in [-0.1, -0.05) is 32.2 Å². The Morgan fingerprint density at radius 2 is 1.36 bits per heavy atom. The van der Waals surface area contributed by atoms with Gasteiger partial charge in [-0.05, 0) is 12.1 Å². The fourth-order valence-corrected chi connectivity index (χ4v) is 0.313. The van der Waals surface area contributed by atoms with Crippen molar-refractivity contribution in [2.24, 2.45) is 0 Å². The molecular weight excluding hydrogens is 133 g/mol. The zero-order chi connectivity index (χ0) is 8.74. The fraction of sp³-hybridized carbons (Fsp3) is 0.444. The van der Waals surface area contributed by atoms with E-state index in [1.807, 2.05) is 18.2 Å². The Kier molecular flexibility index (Phi) is 4.59. The molecule has 0 bridgehead atoms. The van der Waals surface area contributed by atoms with Gasteiger partial charge in [-0.3, -0.25) is 4.98 Å². The van der Waals surface area contributed by atoms with Crippen LogP contribution < -0.4 is 0 Å². The molecule has 0 atom stereocenters. The number of pyridine rings is 1. The summed E-state index contributed by atoms with van der Waals surface area (Å²) >= 11 is 0. The van der Waals surface area contributed by atoms with Gasteiger partial charge in [-0.2, -0.15) is 0 Å². The summed E-state index contributed by atoms with van der Waals surface area (Å²) in [7, 11) is 2.19. The van der Waals surface area contributed by atoms with Crippen molar-refractivity contribution in [1.82, 2.24) is 4.98 Å². The summed E-state index contributed by atoms with van der Waals surface area (Å²) < 4.78 is 0. The van der Waals surface area contributed by atoms with Gasteiger partial charge in [0.15, 0.2) is 0 Å². The molecule has 60 valence electrons. The third-order valence-corrected chi connectivity index (χ3v) is 0.566. The predicted molar refractivity (Wildman–Crippen MR) is 52.5 cm³/mol. The van der Waals surface area contributed by atoms with E-state index in [0.29, 0.717) is 5.31 Å². The normalized spacial score (nSPS) is 9.73. The summed E-state index contributed by atoms with van der Waals surface area (Å²) in [6, 6.07) is 5.72. The van der Waals surface area contributed by atoms with Gasteiger partial charge in [-0.15, -0.1) is 0 Å². The summed E-state index contributed by atoms with van der Waals surface area (Å²) in [6.45, 7) is 6.56. The van der Waals surface area contributed by atoms with E-state index < -0.39 is 0 Å². The lowest BCUT2D eigenvalue weighted by molar-refractivity contribution is 0.767. The van der Waals surface area contributed by atoms with Crippen LogP contribution in [0.2, 0.25) is 5.31 Å². The lowest BCUT2D eigenvalue weighted by atomic mass is 9.75. The van der Waals surface area contributed by atoms with Gasteiger partial charge in [0.05, 0.1) is 0 Å². The maximum atomic E-state index is 3.78. The molecule has 0 N–H and O–H groups in total. The topological polar surface area (TPSA) is 12.9 Å². The highest BCUT2D eigenvalue weighted by atomic mass is 14.6. The van der Waals surface area contributed by atoms with Crippen molar-refractivity contribution in [3.05, 3.63) is 30.6 Å². The molecule has 0 radical (unpaired) electrons. The summed E-state index contributed by atoms with van der Waals surface area (Å²) in [6.07, 6.45) is 3.50. The van der Waals surface area contributed by atoms with Crippen LogP contribution in [0.4, 0.5) is 0 Å². The maximum Gasteiger partial charge on any atom is 0.108 e. The second-order valence-corrected chi connectivity index (χ2v) is 4.02. The summed E-state index contributed by atoms with van der Waals surface area (Å²) in [5.41, 5.74) is 0. The number of rotatable bonds is 0. The fourth-order valence-electron chi connectivity index (χ4n) is 0.313. The predicted octanol–water partition coefficient (Wildman–Crippen LogP) is 1.92. The maximum absolute atomic E-state index is 3.78. The molecule has 1 heterocycles. The molecule has 0 aliphatic carbocycles. The van der Waals surface area contributed by atoms with Gasteiger partial charge in [0, 0.05) is 12.4 Å². The minimum absolute atomic E-state index is 0.500. The van der Waals surface area contributed by atoms with E-state index in [4.69, 9.17) is 0 Å². The first kappa shape index (κ1) is 10.2. The average molecular weight is 149 g/mol. The lowest BCUT2D eigenvalue weighted by Gasteiger charge is -2.05. The van der Waals surface area contributed by atoms with Gasteiger partial charge >= 0.3 is 0 Å². The third kappa shape index (κ3) is 17.6. The lowest BCUT2D eigenvalue weighted by Crippen LogP contribution is -1.90. The van der Waals surface area contributed by atoms with E-state index in [1.165, 1.54) is 0 Å². The molecule has 0 aromatic carbocycles. The molecule has 1 aromatic rings. The number of hydrogen-bond acceptors (Lipinski definition) is 1. The minimum atomic E-state index is 0.500. The Morgan fingerprint density at radius 3 is 1.45 bits per heavy atom. The van der Waals surface area contributed by atoms with E-state index in [2.05, 4.69) is 33.6 Å². The van der Waals surface area contributed by atoms with Crippen LogP contribution >= 0.6 is 0 Å². The van der Waals surface area contributed by atoms with E-state index in [9.17, 15) is 0 Å². The molecule has 1 aromatic heterocycles. The van der Waals surface area contributed by atoms with Crippen LogP contribution in [0, 0.1) is 0 Å². The van der Waals surface area contributed by atoms with Crippen molar-refractivity contribution in [1.29, 1.82) is 0 Å². The molecule has 0 amide bonds. The number of aromatic nitrogens is 1. The minimum Gasteiger partial charge on any atom is -0.265 e. The molecule has 2 heteroatoms. The van der Waals surface area contributed by atoms with Crippen LogP contribution in [0.1, 0.15) is 20.8 Å². The van der Waals surface area contributed by atoms with Crippen LogP contribution in [0.15, 0.2) is 30.6 Å². The molecule has 0 fully saturated rings. The smallest absolute Gasteiger partial charge is 0.108 e. The first-order chi connectivity index (χ1) is 5.00. The van der Waals surface area contributed by atoms with Crippen molar-refractivity contribution in [3.8, 4) is 0 Å². The largest absolute Gasteiger partial charge is 0.265 e. The summed E-state index contributed by atoms with van der Waals surface area (Å²) in [5, 5.41) is 0.500. The van der Waals surface area contributed by atoms with Crippen molar-refractivity contribution in [3.63, 3.8) is 0 Å². The van der Waals surface area contributed by atoms with Crippen LogP contribution in [-0.2, 0) is 0 Å². The second-order valence-electron chi connectivity index (χ2n) is 4.02. The van der Waals surface area contributed by atoms with Gasteiger partial charge in [0.1, 0.15) is 7.85 Å². The van der Waals surface area contributed by atoms with Crippen molar-refractivity contribution >= 4 is 7.85 Å². The monoisotopic (exact) mass is 149 g/mol. The highest BCUT2D eigenvalue weighted by Crippen LogP contribution is 2.13. The summed E-state index contributed by atoms with van der Waals surface area (Å²) in [5.74, 6) is 0. The Balaban J connectivity index is 0.000000187. The van der Waals surface area contributed by atoms with Crippen LogP contribution in [0.5, 0.6) is 0 Å². The molecule has 0 unspecified atom stereocenters. The van der Waals surface area contributed by atoms with Gasteiger partial charge in [-0.25, -0.2) is 0 Å². The Morgan fingerprint density at radius 1 is 1.00 bits per heavy atom. The summed E-state index contributed by atoms with van der Waals surface area (Å²) in [4.78, 5) is 3.78. The van der Waals surface area contributed by atoms with Crippen molar-refractivity contribution in [2.75, 3.05) is 0 Å². The SMILES string of the molecule is BC(C)(C)C.c1ccncc1. The molecule has 0 aliphatic rings. The highest BCUT2D eigenvalue weighted by Gasteiger charge is 1.96. The van der Waals surface area contributed by atoms with Crippen LogP contribution in [0.25, 0.3) is 0 Å². The van der Waals surface area contributed by atoms with Crippen LogP contribution in [0.3, 0.4) is 0 Å². The molecule has 0 saturated heterocycles. The zero-order valence-corrected chi connectivity index (χ0v) is 7.83. The zero-order valence-electron chi connectivity index (χ0n) is 7.83. The van der Waals surface area contributed by atoms with Crippen LogP contribution in [-0.4, -0.2) is 12.8 Å². The van der Waals surface area contributed by atoms with Gasteiger partial charge in [0.25, 0.3) is 0 Å². The first-order valence-corrected chi connectivity index (χ1v) is 3.85. The quantitative estimate of drug-likeness (QED) is 0.513. The van der Waals surface area contributed by atoms with Crippen molar-refractivity contribution in [2.45, 2.75) is 26.1 Å². The molecule has 0 spiro atoms. The van der Waals surface area contributed by atoms with Crippen molar-refractivity contribution < 1.29 is 0 Å². The highest BCUT2D eigenvalue weighted by molar-refractivity contribution is 6.14. The molecule has 1 nitrogen and oxygen atoms in total. The van der Waals surface area contributed by atoms with E-state index in [1.54, 1.807) is 12.4 Å². The Hall–Kier alpha value is -0.785. The molecular formula is C9H16BN. The Labute approximate surface area is 70.3 Å². The average Bonchev–Trinajstić information content (AvgIpc) is 1.88. The van der Waals surface area contributed by atoms with E-state index >= 15 is 0 Å². The molecule has 0 aliphatic heterocycles. The second kappa shape index (κ2) is 4.94. The molecule has 11 heavy (non-hydrogen) atoms. The Bertz CT molecular complexity index is 134. The molecule has 0 saturated carbocycles. The standard InChI is InChI=1S/C5H5N.C4H11B/c1-2-4-6-5-3-1;1-4(2,3)5/h1-5H;5H2,1-3H3. The van der Waals surface area contributed by atoms with Gasteiger partial charge in [0.2, 0.25) is 0 Å². The van der Waals surface area contributed by atoms with Gasteiger partial charge < -0.3 is 0 Å². The van der Waals surface area contributed by atoms with E-state index in [-0.39, 0.29) is 0 Å². The third-order valence-electron chi connectivity index (χ3n) is 0.566. The first-order valence-electron chi connectivity index (χ1n) is 3.85. The van der Waals surface area contributed by atoms with E-state index in [0.717, 1.165) is 0 Å². The number of hydrogen-bond donors (Lipinski definition) is 0. The molecule has 1 rings (SSSR count). The number of nitrogens with zero attached hydrogens (tertiary/aromatic N) is 1.